The van der Waals surface area contributed by atoms with Crippen molar-refractivity contribution in [1.82, 2.24) is 14.7 Å². The van der Waals surface area contributed by atoms with Crippen LogP contribution >= 0.6 is 0 Å². The van der Waals surface area contributed by atoms with E-state index in [-0.39, 0.29) is 54.4 Å². The Morgan fingerprint density at radius 3 is 0.888 bits per heavy atom. The molecule has 0 radical (unpaired) electrons. The van der Waals surface area contributed by atoms with Crippen molar-refractivity contribution in [2.24, 2.45) is 23.7 Å². The van der Waals surface area contributed by atoms with Crippen LogP contribution in [0.4, 0.5) is 5.69 Å². The average molecular weight is 1740 g/mol. The fourth-order valence-electron chi connectivity index (χ4n) is 17.7. The largest absolute Gasteiger partial charge is 0.369 e. The maximum atomic E-state index is 2.57. The first-order chi connectivity index (χ1) is 56.0. The summed E-state index contributed by atoms with van der Waals surface area (Å²) >= 11 is 0. The maximum Gasteiger partial charge on any atom is 0.105 e. The molecular weight excluding hydrogens is 1520 g/mol. The molecule has 2 fully saturated rings. The van der Waals surface area contributed by atoms with Crippen molar-refractivity contribution in [1.29, 1.82) is 0 Å². The summed E-state index contributed by atoms with van der Waals surface area (Å²) < 4.78 is 3.45. The zero-order chi connectivity index (χ0) is 98.4. The Balaban J connectivity index is 0.00000149. The van der Waals surface area contributed by atoms with Crippen molar-refractivity contribution in [2.45, 2.75) is 514 Å². The number of likely N-dealkylation sites (tertiary alicyclic amines) is 2. The monoisotopic (exact) mass is 1740 g/mol. The van der Waals surface area contributed by atoms with Gasteiger partial charge in [0.05, 0.1) is 56.9 Å². The van der Waals surface area contributed by atoms with E-state index >= 15 is 0 Å². The quantitative estimate of drug-likeness (QED) is 0.0648. The van der Waals surface area contributed by atoms with Gasteiger partial charge in [-0.3, -0.25) is 4.90 Å². The lowest BCUT2D eigenvalue weighted by Crippen LogP contribution is -2.57. The highest BCUT2D eigenvalue weighted by Gasteiger charge is 2.47. The highest BCUT2D eigenvalue weighted by molar-refractivity contribution is 5.51. The van der Waals surface area contributed by atoms with E-state index < -0.39 is 0 Å². The molecule has 7 nitrogen and oxygen atoms in total. The van der Waals surface area contributed by atoms with Gasteiger partial charge in [-0.15, -0.1) is 0 Å². The first kappa shape index (κ1) is 121. The molecule has 0 atom stereocenters. The van der Waals surface area contributed by atoms with Gasteiger partial charge in [0.25, 0.3) is 0 Å². The summed E-state index contributed by atoms with van der Waals surface area (Å²) in [7, 11) is 9.11. The van der Waals surface area contributed by atoms with Gasteiger partial charge in [-0.05, 0) is 327 Å². The highest BCUT2D eigenvalue weighted by atomic mass is 15.4. The third-order valence-corrected chi connectivity index (χ3v) is 27.8. The molecule has 0 bridgehead atoms. The Kier molecular flexibility index (Phi) is 48.0. The first-order valence-corrected chi connectivity index (χ1v) is 51.0. The van der Waals surface area contributed by atoms with E-state index in [1.807, 2.05) is 0 Å². The summed E-state index contributed by atoms with van der Waals surface area (Å²) in [5.41, 5.74) is 20.4. The van der Waals surface area contributed by atoms with Crippen LogP contribution in [0.3, 0.4) is 0 Å². The van der Waals surface area contributed by atoms with E-state index in [0.29, 0.717) is 35.7 Å². The number of hydrogen-bond acceptors (Lipinski definition) is 4. The molecule has 0 spiro atoms. The molecule has 0 saturated carbocycles. The van der Waals surface area contributed by atoms with Gasteiger partial charge in [-0.1, -0.05) is 270 Å². The second kappa shape index (κ2) is 49.4. The summed E-state index contributed by atoms with van der Waals surface area (Å²) in [6, 6.07) is 31.1. The van der Waals surface area contributed by atoms with E-state index in [4.69, 9.17) is 0 Å². The van der Waals surface area contributed by atoms with Crippen LogP contribution in [-0.4, -0.2) is 156 Å². The van der Waals surface area contributed by atoms with Gasteiger partial charge >= 0.3 is 0 Å². The van der Waals surface area contributed by atoms with Gasteiger partial charge in [0.15, 0.2) is 0 Å². The predicted octanol–water partition coefficient (Wildman–Crippen LogP) is 32.5. The second-order valence-electron chi connectivity index (χ2n) is 54.2. The van der Waals surface area contributed by atoms with Crippen LogP contribution in [0.2, 0.25) is 0 Å². The number of rotatable bonds is 24. The molecular formula is C118H224N7+3. The van der Waals surface area contributed by atoms with Gasteiger partial charge in [0.2, 0.25) is 0 Å². The number of hydrogen-bond donors (Lipinski definition) is 0. The molecule has 2 aliphatic heterocycles. The SMILES string of the molecule is CC(C)(C)c1cc(C[N+](C)(C)C(C)(C)C)c(C(C)(C)C)c(C(C)(C)C)c1.CC(C)(C)c1cc(C[N+]2(C(C)(C)C)CCCC2)c(C(C)(C)C)c(C(C)(C)C)c1.CC(C)(C)c1cccc(C[N+]2(C(C)(C)C)CCCC2)c1C(C)(C)C.CC(C)CCN(C(C)C)C(C)C.CC(C)CCN(C)C(C)C.CC(C)CCN(C)C(C)C.CC(C)CCN(c1ccccc1)C(C)C. The van der Waals surface area contributed by atoms with E-state index in [1.54, 1.807) is 33.4 Å². The van der Waals surface area contributed by atoms with Crippen LogP contribution in [0.5, 0.6) is 0 Å². The fourth-order valence-corrected chi connectivity index (χ4v) is 17.7. The van der Waals surface area contributed by atoms with Crippen LogP contribution < -0.4 is 4.90 Å². The van der Waals surface area contributed by atoms with E-state index in [9.17, 15) is 0 Å². The lowest BCUT2D eigenvalue weighted by molar-refractivity contribution is -0.972. The molecule has 2 aliphatic rings. The topological polar surface area (TPSA) is 13.0 Å². The van der Waals surface area contributed by atoms with Crippen LogP contribution in [0, 0.1) is 23.7 Å². The van der Waals surface area contributed by atoms with Crippen molar-refractivity contribution in [3.63, 3.8) is 0 Å². The number of anilines is 1. The van der Waals surface area contributed by atoms with Crippen molar-refractivity contribution >= 4 is 5.69 Å². The average Bonchev–Trinajstić information content (AvgIpc) is 1.60. The lowest BCUT2D eigenvalue weighted by Gasteiger charge is -2.47. The number of nitrogens with zero attached hydrogens (tertiary/aromatic N) is 7. The van der Waals surface area contributed by atoms with E-state index in [2.05, 4.69) is 474 Å². The minimum absolute atomic E-state index is 0.131. The van der Waals surface area contributed by atoms with Crippen molar-refractivity contribution in [3.8, 4) is 0 Å². The number of para-hydroxylation sites is 1. The molecule has 0 aliphatic carbocycles. The maximum absolute atomic E-state index is 2.57. The molecule has 0 N–H and O–H groups in total. The molecule has 728 valence electrons. The van der Waals surface area contributed by atoms with Gasteiger partial charge in [-0.2, -0.15) is 0 Å². The van der Waals surface area contributed by atoms with Gasteiger partial charge < -0.3 is 28.1 Å². The molecule has 7 heteroatoms. The summed E-state index contributed by atoms with van der Waals surface area (Å²) in [6.45, 7) is 133. The van der Waals surface area contributed by atoms with Crippen molar-refractivity contribution in [3.05, 3.63) is 134 Å². The highest BCUT2D eigenvalue weighted by Crippen LogP contribution is 2.46. The molecule has 4 aromatic rings. The van der Waals surface area contributed by atoms with Crippen molar-refractivity contribution in [2.75, 3.05) is 85.4 Å². The van der Waals surface area contributed by atoms with Crippen LogP contribution in [0.1, 0.15) is 466 Å². The summed E-state index contributed by atoms with van der Waals surface area (Å²) in [5, 5.41) is 0. The molecule has 0 aromatic heterocycles. The van der Waals surface area contributed by atoms with Gasteiger partial charge in [-0.25, -0.2) is 0 Å². The normalized spacial score (nSPS) is 15.3. The number of quaternary nitrogens is 3. The Bertz CT molecular complexity index is 3590. The minimum atomic E-state index is 0.131. The second-order valence-corrected chi connectivity index (χ2v) is 54.2. The van der Waals surface area contributed by atoms with Crippen LogP contribution in [-0.2, 0) is 63.0 Å². The van der Waals surface area contributed by atoms with Gasteiger partial charge in [0, 0.05) is 84.8 Å². The zero-order valence-electron chi connectivity index (χ0n) is 95.2. The standard InChI is InChI=1S/C27H48N.C25H46N.C23H40N.C14H23N.C11H25N.2C9H21N/c1-24(2,3)21-17-20(19-28(27(10,11)12)15-13-14-16-28)23(26(7,8)9)22(18-21)25(4,5)6;1-22(2,3)19-15-18(17-26(13,14)25(10,11)12)21(24(7,8)9)20(16-19)23(4,5)6;1-21(2,3)19-14-12-13-18(20(19)22(4,5)6)17-24(23(7,8)9)15-10-11-16-24;1-12(2)10-11-15(13(3)4)14-8-6-5-7-9-14;1-9(2)7-8-12(10(3)4)11(5)6;2*1-8(2)6-7-10(5)9(3)4/h17-18H,13-16,19H2,1-12H3;15-16H,17H2,1-14H3;12-14H,10-11,15-17H2,1-9H3;5-9,12-13H,10-11H2,1-4H3;9-11H,7-8H2,1-6H3;2*8-9H,6-7H2,1-5H3/q3*+1;;;;. The van der Waals surface area contributed by atoms with Crippen molar-refractivity contribution < 1.29 is 13.4 Å². The van der Waals surface area contributed by atoms with E-state index in [0.717, 1.165) is 41.2 Å². The summed E-state index contributed by atoms with van der Waals surface area (Å²) in [5.74, 6) is 3.27. The summed E-state index contributed by atoms with van der Waals surface area (Å²) in [6.07, 6.45) is 10.7. The van der Waals surface area contributed by atoms with Crippen LogP contribution in [0.15, 0.2) is 72.8 Å². The summed E-state index contributed by atoms with van der Waals surface area (Å²) in [4.78, 5) is 9.81. The molecule has 4 aromatic carbocycles. The molecule has 125 heavy (non-hydrogen) atoms. The minimum Gasteiger partial charge on any atom is -0.369 e. The Morgan fingerprint density at radius 1 is 0.304 bits per heavy atom. The first-order valence-electron chi connectivity index (χ1n) is 51.0. The lowest BCUT2D eigenvalue weighted by atomic mass is 9.70. The molecule has 0 unspecified atom stereocenters. The molecule has 2 saturated heterocycles. The van der Waals surface area contributed by atoms with Gasteiger partial charge in [0.1, 0.15) is 19.6 Å². The molecule has 0 amide bonds. The molecule has 2 heterocycles. The smallest absolute Gasteiger partial charge is 0.105 e. The Labute approximate surface area is 786 Å². The third kappa shape index (κ3) is 41.2. The van der Waals surface area contributed by atoms with E-state index in [1.165, 1.54) is 153 Å². The van der Waals surface area contributed by atoms with Crippen LogP contribution in [0.25, 0.3) is 0 Å². The predicted molar refractivity (Wildman–Crippen MR) is 569 cm³/mol. The zero-order valence-corrected chi connectivity index (χ0v) is 95.2. The number of benzene rings is 4. The molecule has 6 rings (SSSR count). The fraction of sp³-hybridized carbons (Fsp3) is 0.797. The Morgan fingerprint density at radius 2 is 0.608 bits per heavy atom. The third-order valence-electron chi connectivity index (χ3n) is 27.8. The Hall–Kier alpha value is -3.56.